The molecule has 3 aromatic rings. The second-order valence-electron chi connectivity index (χ2n) is 5.50. The highest BCUT2D eigenvalue weighted by Crippen LogP contribution is 2.30. The topological polar surface area (TPSA) is 85.3 Å². The van der Waals surface area contributed by atoms with E-state index in [1.54, 1.807) is 6.07 Å². The molecule has 1 heterocycles. The summed E-state index contributed by atoms with van der Waals surface area (Å²) in [6.07, 6.45) is 0. The molecule has 0 unspecified atom stereocenters. The summed E-state index contributed by atoms with van der Waals surface area (Å²) in [5.74, 6) is -1.75. The minimum atomic E-state index is -1.24. The molecule has 0 spiro atoms. The van der Waals surface area contributed by atoms with Gasteiger partial charge >= 0.3 is 5.97 Å². The van der Waals surface area contributed by atoms with Crippen LogP contribution in [0.4, 0.5) is 10.8 Å². The van der Waals surface area contributed by atoms with E-state index in [1.165, 1.54) is 23.5 Å². The maximum Gasteiger partial charge on any atom is 0.335 e. The molecule has 24 heavy (non-hydrogen) atoms. The lowest BCUT2D eigenvalue weighted by Gasteiger charge is -2.11. The zero-order valence-electron chi connectivity index (χ0n) is 13.2. The maximum absolute atomic E-state index is 11.5. The number of anilines is 2. The van der Waals surface area contributed by atoms with Gasteiger partial charge in [0.1, 0.15) is 0 Å². The largest absolute Gasteiger partial charge is 0.872 e. The molecule has 2 N–H and O–H groups in total. The minimum absolute atomic E-state index is 0.258. The van der Waals surface area contributed by atoms with Gasteiger partial charge in [-0.3, -0.25) is 0 Å². The first-order chi connectivity index (χ1) is 11.4. The Labute approximate surface area is 143 Å². The van der Waals surface area contributed by atoms with E-state index in [-0.39, 0.29) is 5.56 Å². The zero-order valence-corrected chi connectivity index (χ0v) is 14.0. The van der Waals surface area contributed by atoms with Gasteiger partial charge in [-0.15, -0.1) is 11.3 Å². The van der Waals surface area contributed by atoms with Crippen molar-refractivity contribution in [3.05, 3.63) is 58.5 Å². The molecule has 0 aliphatic rings. The van der Waals surface area contributed by atoms with Crippen molar-refractivity contribution >= 4 is 28.1 Å². The highest BCUT2D eigenvalue weighted by Gasteiger charge is 2.09. The van der Waals surface area contributed by atoms with Crippen LogP contribution in [-0.2, 0) is 0 Å². The Morgan fingerprint density at radius 2 is 2.00 bits per heavy atom. The molecular formula is C18H15N2O3S-. The summed E-state index contributed by atoms with van der Waals surface area (Å²) >= 11 is 1.42. The maximum atomic E-state index is 11.5. The minimum Gasteiger partial charge on any atom is -0.872 e. The third-order valence-corrected chi connectivity index (χ3v) is 4.39. The summed E-state index contributed by atoms with van der Waals surface area (Å²) < 4.78 is 0. The third kappa shape index (κ3) is 3.23. The Morgan fingerprint density at radius 3 is 2.75 bits per heavy atom. The Morgan fingerprint density at radius 1 is 1.21 bits per heavy atom. The second kappa shape index (κ2) is 6.33. The first-order valence-corrected chi connectivity index (χ1v) is 8.16. The molecular weight excluding hydrogens is 324 g/mol. The van der Waals surface area contributed by atoms with Crippen LogP contribution in [0.5, 0.6) is 5.75 Å². The number of rotatable bonds is 4. The van der Waals surface area contributed by atoms with Crippen molar-refractivity contribution in [2.75, 3.05) is 5.32 Å². The summed E-state index contributed by atoms with van der Waals surface area (Å²) in [6.45, 7) is 4.07. The third-order valence-electron chi connectivity index (χ3n) is 3.63. The summed E-state index contributed by atoms with van der Waals surface area (Å²) in [5.41, 5.74) is 4.50. The van der Waals surface area contributed by atoms with Gasteiger partial charge in [-0.25, -0.2) is 9.78 Å². The molecule has 0 radical (unpaired) electrons. The highest BCUT2D eigenvalue weighted by molar-refractivity contribution is 7.14. The van der Waals surface area contributed by atoms with Crippen molar-refractivity contribution in [2.45, 2.75) is 13.8 Å². The molecule has 1 aromatic heterocycles. The van der Waals surface area contributed by atoms with Crippen LogP contribution in [-0.4, -0.2) is 16.1 Å². The van der Waals surface area contributed by atoms with E-state index in [0.717, 1.165) is 22.4 Å². The fourth-order valence-electron chi connectivity index (χ4n) is 2.37. The van der Waals surface area contributed by atoms with Gasteiger partial charge < -0.3 is 15.5 Å². The van der Waals surface area contributed by atoms with Crippen LogP contribution in [0.25, 0.3) is 11.3 Å². The van der Waals surface area contributed by atoms with E-state index in [4.69, 9.17) is 5.11 Å². The fraction of sp³-hybridized carbons (Fsp3) is 0.111. The molecule has 0 aliphatic carbocycles. The second-order valence-corrected chi connectivity index (χ2v) is 6.36. The van der Waals surface area contributed by atoms with E-state index in [0.29, 0.717) is 10.8 Å². The highest BCUT2D eigenvalue weighted by atomic mass is 32.1. The van der Waals surface area contributed by atoms with Gasteiger partial charge in [-0.1, -0.05) is 29.5 Å². The molecule has 0 bridgehead atoms. The zero-order chi connectivity index (χ0) is 17.3. The van der Waals surface area contributed by atoms with Gasteiger partial charge in [-0.05, 0) is 37.6 Å². The van der Waals surface area contributed by atoms with Crippen molar-refractivity contribution in [1.29, 1.82) is 0 Å². The smallest absolute Gasteiger partial charge is 0.335 e. The molecule has 2 aromatic carbocycles. The van der Waals surface area contributed by atoms with Crippen LogP contribution in [0.1, 0.15) is 21.5 Å². The van der Waals surface area contributed by atoms with Gasteiger partial charge in [-0.2, -0.15) is 0 Å². The number of nitrogens with one attached hydrogen (secondary N) is 1. The Hall–Kier alpha value is -2.86. The van der Waals surface area contributed by atoms with Crippen LogP contribution < -0.4 is 10.4 Å². The average molecular weight is 339 g/mol. The van der Waals surface area contributed by atoms with Crippen LogP contribution in [0.3, 0.4) is 0 Å². The summed E-state index contributed by atoms with van der Waals surface area (Å²) in [7, 11) is 0. The number of nitrogens with zero attached hydrogens (tertiary/aromatic N) is 1. The van der Waals surface area contributed by atoms with Crippen molar-refractivity contribution < 1.29 is 15.0 Å². The van der Waals surface area contributed by atoms with Crippen molar-refractivity contribution in [3.8, 4) is 17.0 Å². The molecule has 122 valence electrons. The molecule has 0 fully saturated rings. The number of carboxylic acids is 1. The lowest BCUT2D eigenvalue weighted by atomic mass is 10.0. The normalized spacial score (nSPS) is 10.6. The quantitative estimate of drug-likeness (QED) is 0.752. The lowest BCUT2D eigenvalue weighted by Crippen LogP contribution is -2.04. The standard InChI is InChI=1S/C18H16N2O3S/c1-10-3-4-11(2)13(7-10)15-9-24-18(20-15)19-12-5-6-16(21)14(8-12)17(22)23/h3-9,21H,1-2H3,(H,19,20)(H,22,23)/p-1. The van der Waals surface area contributed by atoms with E-state index < -0.39 is 11.7 Å². The van der Waals surface area contributed by atoms with Crippen molar-refractivity contribution in [2.24, 2.45) is 0 Å². The van der Waals surface area contributed by atoms with Crippen molar-refractivity contribution in [1.82, 2.24) is 4.98 Å². The molecule has 0 saturated heterocycles. The SMILES string of the molecule is Cc1ccc(C)c(-c2csc(Nc3ccc([O-])c(C(=O)O)c3)n2)c1. The van der Waals surface area contributed by atoms with Gasteiger partial charge in [0.25, 0.3) is 0 Å². The van der Waals surface area contributed by atoms with Gasteiger partial charge in [0, 0.05) is 16.6 Å². The number of benzene rings is 2. The predicted molar refractivity (Wildman–Crippen MR) is 93.2 cm³/mol. The Bertz CT molecular complexity index is 918. The molecule has 0 aliphatic heterocycles. The number of carboxylic acid groups (broad SMARTS) is 1. The molecule has 5 nitrogen and oxygen atoms in total. The number of hydrogen-bond donors (Lipinski definition) is 2. The number of carbonyl (C=O) groups is 1. The van der Waals surface area contributed by atoms with E-state index in [2.05, 4.69) is 28.5 Å². The Balaban J connectivity index is 1.88. The number of aromatic nitrogens is 1. The van der Waals surface area contributed by atoms with Crippen LogP contribution >= 0.6 is 11.3 Å². The Kier molecular flexibility index (Phi) is 4.22. The number of thiazole rings is 1. The van der Waals surface area contributed by atoms with Crippen molar-refractivity contribution in [3.63, 3.8) is 0 Å². The first kappa shape index (κ1) is 16.0. The summed E-state index contributed by atoms with van der Waals surface area (Å²) in [4.78, 5) is 15.6. The monoisotopic (exact) mass is 339 g/mol. The molecule has 0 amide bonds. The first-order valence-electron chi connectivity index (χ1n) is 7.28. The molecule has 0 atom stereocenters. The molecule has 3 rings (SSSR count). The summed E-state index contributed by atoms with van der Waals surface area (Å²) in [6, 6.07) is 10.3. The predicted octanol–water partition coefficient (Wildman–Crippen LogP) is 3.94. The van der Waals surface area contributed by atoms with E-state index >= 15 is 0 Å². The van der Waals surface area contributed by atoms with E-state index in [9.17, 15) is 9.90 Å². The van der Waals surface area contributed by atoms with Crippen LogP contribution in [0.15, 0.2) is 41.8 Å². The number of aryl methyl sites for hydroxylation is 2. The lowest BCUT2D eigenvalue weighted by molar-refractivity contribution is -0.268. The van der Waals surface area contributed by atoms with Gasteiger partial charge in [0.15, 0.2) is 5.13 Å². The fourth-order valence-corrected chi connectivity index (χ4v) is 3.10. The van der Waals surface area contributed by atoms with Crippen LogP contribution in [0.2, 0.25) is 0 Å². The average Bonchev–Trinajstić information content (AvgIpc) is 2.99. The van der Waals surface area contributed by atoms with Gasteiger partial charge in [0.05, 0.1) is 11.3 Å². The number of hydrogen-bond acceptors (Lipinski definition) is 5. The van der Waals surface area contributed by atoms with E-state index in [1.807, 2.05) is 19.2 Å². The summed E-state index contributed by atoms with van der Waals surface area (Å²) in [5, 5.41) is 26.2. The number of aromatic carboxylic acids is 1. The molecule has 6 heteroatoms. The van der Waals surface area contributed by atoms with Crippen LogP contribution in [0, 0.1) is 13.8 Å². The molecule has 0 saturated carbocycles. The van der Waals surface area contributed by atoms with Gasteiger partial charge in [0.2, 0.25) is 0 Å².